The van der Waals surface area contributed by atoms with Gasteiger partial charge in [-0.3, -0.25) is 14.5 Å². The molecule has 3 aliphatic rings. The number of benzene rings is 1. The Bertz CT molecular complexity index is 877. The monoisotopic (exact) mass is 486 g/mol. The molecule has 2 heterocycles. The quantitative estimate of drug-likeness (QED) is 0.547. The molecule has 0 aromatic heterocycles. The van der Waals surface area contributed by atoms with E-state index in [1.807, 2.05) is 13.0 Å². The molecule has 1 aliphatic carbocycles. The summed E-state index contributed by atoms with van der Waals surface area (Å²) in [6, 6.07) is 6.21. The van der Waals surface area contributed by atoms with Gasteiger partial charge in [0.05, 0.1) is 6.61 Å². The highest BCUT2D eigenvalue weighted by Crippen LogP contribution is 2.24. The molecule has 2 amide bonds. The highest BCUT2D eigenvalue weighted by molar-refractivity contribution is 8.02. The van der Waals surface area contributed by atoms with Crippen molar-refractivity contribution >= 4 is 29.3 Å². The second-order valence-electron chi connectivity index (χ2n) is 9.46. The van der Waals surface area contributed by atoms with Gasteiger partial charge in [0.2, 0.25) is 0 Å². The van der Waals surface area contributed by atoms with Crippen molar-refractivity contribution in [1.82, 2.24) is 15.1 Å². The molecule has 0 unspecified atom stereocenters. The van der Waals surface area contributed by atoms with Crippen LogP contribution in [0.15, 0.2) is 29.4 Å². The third kappa shape index (κ3) is 6.99. The number of amides is 2. The average Bonchev–Trinajstić information content (AvgIpc) is 2.89. The van der Waals surface area contributed by atoms with Crippen molar-refractivity contribution in [1.29, 1.82) is 0 Å². The van der Waals surface area contributed by atoms with E-state index >= 15 is 0 Å². The third-order valence-corrected chi connectivity index (χ3v) is 7.84. The number of nitrogens with zero attached hydrogens (tertiary/aromatic N) is 2. The van der Waals surface area contributed by atoms with Crippen LogP contribution in [0.3, 0.4) is 0 Å². The molecule has 4 rings (SSSR count). The van der Waals surface area contributed by atoms with Crippen molar-refractivity contribution in [3.8, 4) is 0 Å². The molecule has 1 saturated heterocycles. The minimum absolute atomic E-state index is 0.110. The van der Waals surface area contributed by atoms with Crippen LogP contribution in [0.1, 0.15) is 54.4 Å². The Kier molecular flexibility index (Phi) is 9.30. The first-order valence-electron chi connectivity index (χ1n) is 12.7. The lowest BCUT2D eigenvalue weighted by atomic mass is 9.94. The summed E-state index contributed by atoms with van der Waals surface area (Å²) < 4.78 is 5.42. The first-order chi connectivity index (χ1) is 16.6. The molecular weight excluding hydrogens is 448 g/mol. The van der Waals surface area contributed by atoms with Gasteiger partial charge in [-0.05, 0) is 50.4 Å². The highest BCUT2D eigenvalue weighted by atomic mass is 32.2. The fourth-order valence-corrected chi connectivity index (χ4v) is 5.60. The minimum Gasteiger partial charge on any atom is -0.487 e. The summed E-state index contributed by atoms with van der Waals surface area (Å²) >= 11 is 1.56. The number of rotatable bonds is 8. The Balaban J connectivity index is 1.18. The van der Waals surface area contributed by atoms with Crippen molar-refractivity contribution in [2.24, 2.45) is 0 Å². The second kappa shape index (κ2) is 12.6. The smallest absolute Gasteiger partial charge is 0.291 e. The summed E-state index contributed by atoms with van der Waals surface area (Å²) in [5.74, 6) is 0.783. The number of piperazine rings is 1. The van der Waals surface area contributed by atoms with Crippen LogP contribution in [-0.4, -0.2) is 79.3 Å². The predicted octanol–water partition coefficient (Wildman–Crippen LogP) is 3.61. The zero-order valence-corrected chi connectivity index (χ0v) is 21.1. The maximum Gasteiger partial charge on any atom is 0.291 e. The molecule has 0 spiro atoms. The molecule has 1 aromatic rings. The number of carbonyl (C=O) groups excluding carboxylic acids is 2. The lowest BCUT2D eigenvalue weighted by Crippen LogP contribution is -2.51. The standard InChI is InChI=1S/C26H38N4O3S/c1-20-8-9-21(18-23(20)28-26(32)24-19-34-17-16-33-24)25(31)27-10-5-11-29-12-14-30(15-13-29)22-6-3-2-4-7-22/h8-9,18-19,22H,2-7,10-17H2,1H3,(H,27,31)(H,28,32). The Morgan fingerprint density at radius 1 is 1.09 bits per heavy atom. The zero-order chi connectivity index (χ0) is 23.8. The summed E-state index contributed by atoms with van der Waals surface area (Å²) in [6.45, 7) is 8.72. The first kappa shape index (κ1) is 25.1. The van der Waals surface area contributed by atoms with Gasteiger partial charge in [-0.25, -0.2) is 0 Å². The van der Waals surface area contributed by atoms with Gasteiger partial charge in [-0.2, -0.15) is 0 Å². The van der Waals surface area contributed by atoms with Crippen LogP contribution in [0.25, 0.3) is 0 Å². The molecular formula is C26H38N4O3S. The number of nitrogens with one attached hydrogen (secondary N) is 2. The van der Waals surface area contributed by atoms with Gasteiger partial charge in [0.25, 0.3) is 11.8 Å². The van der Waals surface area contributed by atoms with Gasteiger partial charge >= 0.3 is 0 Å². The SMILES string of the molecule is Cc1ccc(C(=O)NCCCN2CCN(C3CCCCC3)CC2)cc1NC(=O)C1=CSCCO1. The minimum atomic E-state index is -0.281. The van der Waals surface area contributed by atoms with Crippen molar-refractivity contribution < 1.29 is 14.3 Å². The number of anilines is 1. The van der Waals surface area contributed by atoms with E-state index in [1.165, 1.54) is 45.2 Å². The van der Waals surface area contributed by atoms with Gasteiger partial charge in [0, 0.05) is 61.2 Å². The van der Waals surface area contributed by atoms with Gasteiger partial charge in [0.1, 0.15) is 0 Å². The van der Waals surface area contributed by atoms with E-state index < -0.39 is 0 Å². The molecule has 1 saturated carbocycles. The summed E-state index contributed by atoms with van der Waals surface area (Å²) in [5, 5.41) is 7.65. The van der Waals surface area contributed by atoms with Crippen molar-refractivity contribution in [3.05, 3.63) is 40.5 Å². The van der Waals surface area contributed by atoms with Gasteiger partial charge in [-0.1, -0.05) is 25.3 Å². The van der Waals surface area contributed by atoms with Crippen molar-refractivity contribution in [3.63, 3.8) is 0 Å². The van der Waals surface area contributed by atoms with E-state index in [9.17, 15) is 9.59 Å². The average molecular weight is 487 g/mol. The van der Waals surface area contributed by atoms with Crippen LogP contribution in [0.4, 0.5) is 5.69 Å². The largest absolute Gasteiger partial charge is 0.487 e. The molecule has 2 fully saturated rings. The van der Waals surface area contributed by atoms with E-state index in [4.69, 9.17) is 4.74 Å². The number of thioether (sulfide) groups is 1. The van der Waals surface area contributed by atoms with Gasteiger partial charge < -0.3 is 20.3 Å². The maximum atomic E-state index is 12.7. The van der Waals surface area contributed by atoms with Crippen molar-refractivity contribution in [2.75, 3.05) is 56.9 Å². The van der Waals surface area contributed by atoms with Crippen LogP contribution in [-0.2, 0) is 9.53 Å². The van der Waals surface area contributed by atoms with Crippen molar-refractivity contribution in [2.45, 2.75) is 51.5 Å². The van der Waals surface area contributed by atoms with Gasteiger partial charge in [-0.15, -0.1) is 11.8 Å². The fourth-order valence-electron chi connectivity index (χ4n) is 4.97. The number of hydrogen-bond donors (Lipinski definition) is 2. The molecule has 0 bridgehead atoms. The Hall–Kier alpha value is -2.03. The summed E-state index contributed by atoms with van der Waals surface area (Å²) in [4.78, 5) is 30.3. The molecule has 2 aliphatic heterocycles. The van der Waals surface area contributed by atoms with E-state index in [0.717, 1.165) is 43.4 Å². The van der Waals surface area contributed by atoms with Crippen LogP contribution in [0, 0.1) is 6.92 Å². The van der Waals surface area contributed by atoms with E-state index in [0.29, 0.717) is 30.2 Å². The topological polar surface area (TPSA) is 73.9 Å². The molecule has 2 N–H and O–H groups in total. The second-order valence-corrected chi connectivity index (χ2v) is 10.4. The number of carbonyl (C=O) groups is 2. The highest BCUT2D eigenvalue weighted by Gasteiger charge is 2.24. The Morgan fingerprint density at radius 2 is 1.88 bits per heavy atom. The molecule has 7 nitrogen and oxygen atoms in total. The zero-order valence-electron chi connectivity index (χ0n) is 20.3. The van der Waals surface area contributed by atoms with Crippen LogP contribution in [0.5, 0.6) is 0 Å². The van der Waals surface area contributed by atoms with Crippen LogP contribution in [0.2, 0.25) is 0 Å². The van der Waals surface area contributed by atoms with E-state index in [2.05, 4.69) is 20.4 Å². The number of hydrogen-bond acceptors (Lipinski definition) is 6. The molecule has 8 heteroatoms. The van der Waals surface area contributed by atoms with E-state index in [1.54, 1.807) is 29.3 Å². The fraction of sp³-hybridized carbons (Fsp3) is 0.615. The molecule has 0 radical (unpaired) electrons. The lowest BCUT2D eigenvalue weighted by Gasteiger charge is -2.40. The van der Waals surface area contributed by atoms with Crippen LogP contribution >= 0.6 is 11.8 Å². The predicted molar refractivity (Wildman–Crippen MR) is 138 cm³/mol. The van der Waals surface area contributed by atoms with Gasteiger partial charge in [0.15, 0.2) is 5.76 Å². The Morgan fingerprint density at radius 3 is 2.62 bits per heavy atom. The Labute approximate surface area is 207 Å². The summed E-state index contributed by atoms with van der Waals surface area (Å²) in [6.07, 6.45) is 7.89. The molecule has 0 atom stereocenters. The van der Waals surface area contributed by atoms with Crippen LogP contribution < -0.4 is 10.6 Å². The molecule has 34 heavy (non-hydrogen) atoms. The summed E-state index contributed by atoms with van der Waals surface area (Å²) in [7, 11) is 0. The van der Waals surface area contributed by atoms with E-state index in [-0.39, 0.29) is 11.8 Å². The number of aryl methyl sites for hydroxylation is 1. The lowest BCUT2D eigenvalue weighted by molar-refractivity contribution is -0.116. The normalized spacial score (nSPS) is 20.3. The number of ether oxygens (including phenoxy) is 1. The first-order valence-corrected chi connectivity index (χ1v) is 13.8. The maximum absolute atomic E-state index is 12.7. The summed E-state index contributed by atoms with van der Waals surface area (Å²) in [5.41, 5.74) is 2.09. The molecule has 186 valence electrons. The molecule has 1 aromatic carbocycles. The third-order valence-electron chi connectivity index (χ3n) is 7.06.